The Kier molecular flexibility index (Phi) is 4.50. The third-order valence-corrected chi connectivity index (χ3v) is 4.01. The fraction of sp³-hybridized carbons (Fsp3) is 0.500. The molecular weight excluding hydrogens is 222 g/mol. The second-order valence-corrected chi connectivity index (χ2v) is 5.61. The predicted octanol–water partition coefficient (Wildman–Crippen LogP) is 2.25. The molecule has 0 fully saturated rings. The molecule has 0 heterocycles. The van der Waals surface area contributed by atoms with E-state index in [-0.39, 0.29) is 0 Å². The van der Waals surface area contributed by atoms with Crippen molar-refractivity contribution in [3.05, 3.63) is 29.3 Å². The van der Waals surface area contributed by atoms with E-state index in [2.05, 4.69) is 4.72 Å². The van der Waals surface area contributed by atoms with Crippen LogP contribution in [0.2, 0.25) is 0 Å². The summed E-state index contributed by atoms with van der Waals surface area (Å²) in [6.07, 6.45) is 1.65. The number of nitrogens with one attached hydrogen (secondary N) is 1. The Morgan fingerprint density at radius 2 is 1.94 bits per heavy atom. The summed E-state index contributed by atoms with van der Waals surface area (Å²) in [6.45, 7) is 6.44. The number of hydrogen-bond acceptors (Lipinski definition) is 2. The zero-order valence-electron chi connectivity index (χ0n) is 10.1. The molecule has 90 valence electrons. The molecule has 16 heavy (non-hydrogen) atoms. The first-order valence-corrected chi connectivity index (χ1v) is 7.08. The van der Waals surface area contributed by atoms with Gasteiger partial charge in [0, 0.05) is 6.54 Å². The molecule has 1 rings (SSSR count). The summed E-state index contributed by atoms with van der Waals surface area (Å²) in [7, 11) is -3.32. The monoisotopic (exact) mass is 241 g/mol. The number of benzene rings is 1. The van der Waals surface area contributed by atoms with Gasteiger partial charge in [0.15, 0.2) is 0 Å². The quantitative estimate of drug-likeness (QED) is 0.859. The van der Waals surface area contributed by atoms with Gasteiger partial charge in [-0.2, -0.15) is 0 Å². The highest BCUT2D eigenvalue weighted by molar-refractivity contribution is 7.89. The van der Waals surface area contributed by atoms with Crippen LogP contribution in [0, 0.1) is 6.92 Å². The largest absolute Gasteiger partial charge is 0.240 e. The molecule has 0 amide bonds. The summed E-state index contributed by atoms with van der Waals surface area (Å²) >= 11 is 0. The van der Waals surface area contributed by atoms with Crippen molar-refractivity contribution in [3.8, 4) is 0 Å². The Hall–Kier alpha value is -0.870. The van der Waals surface area contributed by atoms with Gasteiger partial charge in [0.25, 0.3) is 0 Å². The summed E-state index contributed by atoms with van der Waals surface area (Å²) in [6, 6.07) is 5.28. The van der Waals surface area contributed by atoms with Crippen LogP contribution in [-0.2, 0) is 16.4 Å². The van der Waals surface area contributed by atoms with E-state index in [9.17, 15) is 8.42 Å². The first kappa shape index (κ1) is 13.2. The lowest BCUT2D eigenvalue weighted by molar-refractivity contribution is 0.580. The van der Waals surface area contributed by atoms with Gasteiger partial charge in [-0.15, -0.1) is 0 Å². The van der Waals surface area contributed by atoms with Gasteiger partial charge in [-0.05, 0) is 43.0 Å². The molecule has 4 heteroatoms. The summed E-state index contributed by atoms with van der Waals surface area (Å²) in [4.78, 5) is 0.364. The van der Waals surface area contributed by atoms with Crippen LogP contribution < -0.4 is 4.72 Å². The number of aryl methyl sites for hydroxylation is 2. The molecule has 0 saturated heterocycles. The number of rotatable bonds is 5. The number of sulfonamides is 1. The van der Waals surface area contributed by atoms with Gasteiger partial charge in [-0.3, -0.25) is 0 Å². The van der Waals surface area contributed by atoms with Crippen LogP contribution in [-0.4, -0.2) is 15.0 Å². The summed E-state index contributed by atoms with van der Waals surface area (Å²) in [5.41, 5.74) is 2.22. The van der Waals surface area contributed by atoms with E-state index < -0.39 is 10.0 Å². The fourth-order valence-corrected chi connectivity index (χ4v) is 2.70. The van der Waals surface area contributed by atoms with E-state index in [1.54, 1.807) is 12.1 Å². The molecule has 0 aliphatic carbocycles. The van der Waals surface area contributed by atoms with Crippen molar-refractivity contribution in [1.29, 1.82) is 0 Å². The molecule has 1 N–H and O–H groups in total. The van der Waals surface area contributed by atoms with Crippen LogP contribution in [0.3, 0.4) is 0 Å². The molecule has 0 bridgehead atoms. The highest BCUT2D eigenvalue weighted by Crippen LogP contribution is 2.15. The molecule has 0 spiro atoms. The molecule has 0 radical (unpaired) electrons. The van der Waals surface area contributed by atoms with Crippen LogP contribution in [0.1, 0.15) is 31.4 Å². The fourth-order valence-electron chi connectivity index (χ4n) is 1.52. The van der Waals surface area contributed by atoms with Gasteiger partial charge in [-0.1, -0.05) is 19.9 Å². The van der Waals surface area contributed by atoms with Crippen LogP contribution in [0.15, 0.2) is 23.1 Å². The molecule has 0 atom stereocenters. The Morgan fingerprint density at radius 1 is 1.25 bits per heavy atom. The van der Waals surface area contributed by atoms with Crippen LogP contribution in [0.4, 0.5) is 0 Å². The third-order valence-electron chi connectivity index (χ3n) is 2.55. The van der Waals surface area contributed by atoms with Crippen LogP contribution in [0.5, 0.6) is 0 Å². The smallest absolute Gasteiger partial charge is 0.211 e. The SMILES string of the molecule is CCCNS(=O)(=O)c1ccc(C)c(CC)c1. The molecular formula is C12H19NO2S. The summed E-state index contributed by atoms with van der Waals surface area (Å²) in [5, 5.41) is 0. The van der Waals surface area contributed by atoms with E-state index >= 15 is 0 Å². The molecule has 0 aliphatic heterocycles. The summed E-state index contributed by atoms with van der Waals surface area (Å²) < 4.78 is 26.3. The lowest BCUT2D eigenvalue weighted by atomic mass is 10.1. The maximum atomic E-state index is 11.9. The summed E-state index contributed by atoms with van der Waals surface area (Å²) in [5.74, 6) is 0. The highest BCUT2D eigenvalue weighted by atomic mass is 32.2. The van der Waals surface area contributed by atoms with Gasteiger partial charge in [0.1, 0.15) is 0 Å². The zero-order valence-corrected chi connectivity index (χ0v) is 10.9. The van der Waals surface area contributed by atoms with Crippen molar-refractivity contribution in [2.45, 2.75) is 38.5 Å². The minimum atomic E-state index is -3.32. The second kappa shape index (κ2) is 5.46. The maximum absolute atomic E-state index is 11.9. The second-order valence-electron chi connectivity index (χ2n) is 3.84. The van der Waals surface area contributed by atoms with Crippen molar-refractivity contribution >= 4 is 10.0 Å². The molecule has 0 saturated carbocycles. The minimum absolute atomic E-state index is 0.364. The predicted molar refractivity (Wildman–Crippen MR) is 66.0 cm³/mol. The van der Waals surface area contributed by atoms with Crippen molar-refractivity contribution in [2.75, 3.05) is 6.54 Å². The first-order chi connectivity index (χ1) is 7.51. The van der Waals surface area contributed by atoms with E-state index in [0.717, 1.165) is 24.0 Å². The molecule has 0 aliphatic rings. The van der Waals surface area contributed by atoms with Crippen LogP contribution >= 0.6 is 0 Å². The lowest BCUT2D eigenvalue weighted by Crippen LogP contribution is -2.24. The normalized spacial score (nSPS) is 11.7. The molecule has 0 aromatic heterocycles. The van der Waals surface area contributed by atoms with Crippen molar-refractivity contribution < 1.29 is 8.42 Å². The van der Waals surface area contributed by atoms with Crippen molar-refractivity contribution in [3.63, 3.8) is 0 Å². The van der Waals surface area contributed by atoms with Gasteiger partial charge in [0.05, 0.1) is 4.90 Å². The lowest BCUT2D eigenvalue weighted by Gasteiger charge is -2.08. The van der Waals surface area contributed by atoms with E-state index in [0.29, 0.717) is 11.4 Å². The first-order valence-electron chi connectivity index (χ1n) is 5.60. The number of hydrogen-bond donors (Lipinski definition) is 1. The van der Waals surface area contributed by atoms with E-state index in [1.807, 2.05) is 26.8 Å². The average molecular weight is 241 g/mol. The van der Waals surface area contributed by atoms with Gasteiger partial charge in [-0.25, -0.2) is 13.1 Å². The van der Waals surface area contributed by atoms with Gasteiger partial charge < -0.3 is 0 Å². The molecule has 3 nitrogen and oxygen atoms in total. The minimum Gasteiger partial charge on any atom is -0.211 e. The average Bonchev–Trinajstić information content (AvgIpc) is 2.27. The Labute approximate surface area is 97.9 Å². The van der Waals surface area contributed by atoms with Gasteiger partial charge >= 0.3 is 0 Å². The Bertz CT molecular complexity index is 452. The molecule has 0 unspecified atom stereocenters. The molecule has 1 aromatic rings. The molecule has 1 aromatic carbocycles. The Morgan fingerprint density at radius 3 is 2.50 bits per heavy atom. The van der Waals surface area contributed by atoms with Gasteiger partial charge in [0.2, 0.25) is 10.0 Å². The van der Waals surface area contributed by atoms with Crippen molar-refractivity contribution in [1.82, 2.24) is 4.72 Å². The topological polar surface area (TPSA) is 46.2 Å². The zero-order chi connectivity index (χ0) is 12.2. The van der Waals surface area contributed by atoms with Crippen molar-refractivity contribution in [2.24, 2.45) is 0 Å². The van der Waals surface area contributed by atoms with E-state index in [4.69, 9.17) is 0 Å². The standard InChI is InChI=1S/C12H19NO2S/c1-4-8-13-16(14,15)12-7-6-10(3)11(5-2)9-12/h6-7,9,13H,4-5,8H2,1-3H3. The van der Waals surface area contributed by atoms with Crippen LogP contribution in [0.25, 0.3) is 0 Å². The maximum Gasteiger partial charge on any atom is 0.240 e. The highest BCUT2D eigenvalue weighted by Gasteiger charge is 2.13. The third kappa shape index (κ3) is 3.06. The van der Waals surface area contributed by atoms with E-state index in [1.165, 1.54) is 0 Å². The Balaban J connectivity index is 3.04.